The summed E-state index contributed by atoms with van der Waals surface area (Å²) in [7, 11) is 0. The summed E-state index contributed by atoms with van der Waals surface area (Å²) in [5.41, 5.74) is 6.75. The van der Waals surface area contributed by atoms with E-state index in [1.807, 2.05) is 0 Å². The van der Waals surface area contributed by atoms with Crippen LogP contribution in [0.15, 0.2) is 42.5 Å². The van der Waals surface area contributed by atoms with Gasteiger partial charge in [-0.2, -0.15) is 0 Å². The van der Waals surface area contributed by atoms with Gasteiger partial charge in [-0.15, -0.1) is 0 Å². The van der Waals surface area contributed by atoms with Crippen LogP contribution in [0.4, 0.5) is 11.4 Å². The van der Waals surface area contributed by atoms with Crippen molar-refractivity contribution in [1.82, 2.24) is 0 Å². The van der Waals surface area contributed by atoms with Gasteiger partial charge in [-0.25, -0.2) is 0 Å². The molecule has 2 nitrogen and oxygen atoms in total. The number of hydrogen-bond acceptors (Lipinski definition) is 2. The molecule has 0 aliphatic carbocycles. The van der Waals surface area contributed by atoms with E-state index >= 15 is 0 Å². The SMILES string of the molecule is Cc1ccc(CN2CC(C)(C)Nc3ccccc32)c(C)c1. The second kappa shape index (κ2) is 5.10. The van der Waals surface area contributed by atoms with E-state index in [0.29, 0.717) is 0 Å². The van der Waals surface area contributed by atoms with E-state index in [1.165, 1.54) is 28.1 Å². The number of para-hydroxylation sites is 2. The van der Waals surface area contributed by atoms with Crippen molar-refractivity contribution < 1.29 is 0 Å². The molecule has 0 unspecified atom stereocenters. The van der Waals surface area contributed by atoms with E-state index < -0.39 is 0 Å². The summed E-state index contributed by atoms with van der Waals surface area (Å²) in [4.78, 5) is 2.49. The van der Waals surface area contributed by atoms with Crippen molar-refractivity contribution >= 4 is 11.4 Å². The summed E-state index contributed by atoms with van der Waals surface area (Å²) in [6, 6.07) is 15.3. The first kappa shape index (κ1) is 14.0. The first-order chi connectivity index (χ1) is 9.94. The Kier molecular flexibility index (Phi) is 3.40. The fourth-order valence-electron chi connectivity index (χ4n) is 3.19. The molecule has 1 aliphatic rings. The average Bonchev–Trinajstić information content (AvgIpc) is 2.40. The van der Waals surface area contributed by atoms with Crippen LogP contribution >= 0.6 is 0 Å². The van der Waals surface area contributed by atoms with Crippen molar-refractivity contribution in [2.75, 3.05) is 16.8 Å². The van der Waals surface area contributed by atoms with Crippen LogP contribution in [-0.2, 0) is 6.54 Å². The van der Waals surface area contributed by atoms with Crippen LogP contribution in [0.1, 0.15) is 30.5 Å². The van der Waals surface area contributed by atoms with Gasteiger partial charge in [0.1, 0.15) is 0 Å². The second-order valence-corrected chi connectivity index (χ2v) is 6.81. The Balaban J connectivity index is 1.94. The maximum atomic E-state index is 3.63. The number of anilines is 2. The van der Waals surface area contributed by atoms with Gasteiger partial charge >= 0.3 is 0 Å². The lowest BCUT2D eigenvalue weighted by molar-refractivity contribution is 0.530. The molecule has 0 saturated carbocycles. The van der Waals surface area contributed by atoms with Crippen molar-refractivity contribution in [1.29, 1.82) is 0 Å². The molecule has 2 aromatic rings. The summed E-state index contributed by atoms with van der Waals surface area (Å²) in [6.45, 7) is 10.9. The minimum Gasteiger partial charge on any atom is -0.377 e. The lowest BCUT2D eigenvalue weighted by Crippen LogP contribution is -2.48. The van der Waals surface area contributed by atoms with E-state index in [0.717, 1.165) is 13.1 Å². The Morgan fingerprint density at radius 2 is 1.86 bits per heavy atom. The van der Waals surface area contributed by atoms with Gasteiger partial charge in [-0.05, 0) is 51.0 Å². The van der Waals surface area contributed by atoms with E-state index in [-0.39, 0.29) is 5.54 Å². The maximum Gasteiger partial charge on any atom is 0.0606 e. The van der Waals surface area contributed by atoms with Crippen molar-refractivity contribution in [2.24, 2.45) is 0 Å². The maximum absolute atomic E-state index is 3.63. The summed E-state index contributed by atoms with van der Waals surface area (Å²) in [6.07, 6.45) is 0. The molecule has 2 heteroatoms. The molecule has 0 amide bonds. The van der Waals surface area contributed by atoms with Gasteiger partial charge in [0, 0.05) is 18.6 Å². The van der Waals surface area contributed by atoms with Crippen LogP contribution in [0.2, 0.25) is 0 Å². The molecule has 21 heavy (non-hydrogen) atoms. The number of nitrogens with zero attached hydrogens (tertiary/aromatic N) is 1. The smallest absolute Gasteiger partial charge is 0.0606 e. The van der Waals surface area contributed by atoms with Crippen LogP contribution in [0.3, 0.4) is 0 Å². The highest BCUT2D eigenvalue weighted by Gasteiger charge is 2.29. The Morgan fingerprint density at radius 3 is 2.62 bits per heavy atom. The lowest BCUT2D eigenvalue weighted by Gasteiger charge is -2.42. The zero-order chi connectivity index (χ0) is 15.0. The van der Waals surface area contributed by atoms with Crippen molar-refractivity contribution in [3.8, 4) is 0 Å². The molecule has 2 aromatic carbocycles. The highest BCUT2D eigenvalue weighted by Crippen LogP contribution is 2.35. The van der Waals surface area contributed by atoms with Crippen molar-refractivity contribution in [3.05, 3.63) is 59.2 Å². The zero-order valence-electron chi connectivity index (χ0n) is 13.4. The van der Waals surface area contributed by atoms with Crippen LogP contribution in [0.5, 0.6) is 0 Å². The number of nitrogens with one attached hydrogen (secondary N) is 1. The third-order valence-corrected chi connectivity index (χ3v) is 4.16. The zero-order valence-corrected chi connectivity index (χ0v) is 13.4. The molecule has 0 fully saturated rings. The van der Waals surface area contributed by atoms with Gasteiger partial charge in [0.15, 0.2) is 0 Å². The molecule has 3 rings (SSSR count). The normalized spacial score (nSPS) is 16.3. The standard InChI is InChI=1S/C19H24N2/c1-14-9-10-16(15(2)11-14)12-21-13-19(3,4)20-17-7-5-6-8-18(17)21/h5-11,20H,12-13H2,1-4H3. The monoisotopic (exact) mass is 280 g/mol. The van der Waals surface area contributed by atoms with Gasteiger partial charge in [0.05, 0.1) is 11.4 Å². The summed E-state index contributed by atoms with van der Waals surface area (Å²) in [5.74, 6) is 0. The predicted octanol–water partition coefficient (Wildman–Crippen LogP) is 4.51. The molecule has 1 heterocycles. The average molecular weight is 280 g/mol. The quantitative estimate of drug-likeness (QED) is 0.870. The Morgan fingerprint density at radius 1 is 1.10 bits per heavy atom. The number of fused-ring (bicyclic) bond motifs is 1. The fourth-order valence-corrected chi connectivity index (χ4v) is 3.19. The Hall–Kier alpha value is -1.96. The topological polar surface area (TPSA) is 15.3 Å². The molecule has 0 saturated heterocycles. The fraction of sp³-hybridized carbons (Fsp3) is 0.368. The van der Waals surface area contributed by atoms with Crippen LogP contribution in [0.25, 0.3) is 0 Å². The molecule has 110 valence electrons. The van der Waals surface area contributed by atoms with Crippen LogP contribution < -0.4 is 10.2 Å². The van der Waals surface area contributed by atoms with Crippen molar-refractivity contribution in [3.63, 3.8) is 0 Å². The molecule has 1 aliphatic heterocycles. The minimum absolute atomic E-state index is 0.0902. The van der Waals surface area contributed by atoms with Gasteiger partial charge in [-0.3, -0.25) is 0 Å². The third kappa shape index (κ3) is 2.90. The molecule has 0 atom stereocenters. The summed E-state index contributed by atoms with van der Waals surface area (Å²) in [5, 5.41) is 3.63. The van der Waals surface area contributed by atoms with Gasteiger partial charge in [0.25, 0.3) is 0 Å². The summed E-state index contributed by atoms with van der Waals surface area (Å²) >= 11 is 0. The first-order valence-electron chi connectivity index (χ1n) is 7.63. The third-order valence-electron chi connectivity index (χ3n) is 4.16. The highest BCUT2D eigenvalue weighted by atomic mass is 15.2. The number of hydrogen-bond donors (Lipinski definition) is 1. The summed E-state index contributed by atoms with van der Waals surface area (Å²) < 4.78 is 0. The molecular formula is C19H24N2. The minimum atomic E-state index is 0.0902. The largest absolute Gasteiger partial charge is 0.377 e. The van der Waals surface area contributed by atoms with Gasteiger partial charge in [-0.1, -0.05) is 35.9 Å². The molecular weight excluding hydrogens is 256 g/mol. The number of benzene rings is 2. The van der Waals surface area contributed by atoms with Gasteiger partial charge in [0.2, 0.25) is 0 Å². The van der Waals surface area contributed by atoms with E-state index in [2.05, 4.69) is 80.4 Å². The predicted molar refractivity (Wildman–Crippen MR) is 91.1 cm³/mol. The number of rotatable bonds is 2. The molecule has 0 radical (unpaired) electrons. The Bertz CT molecular complexity index is 658. The van der Waals surface area contributed by atoms with Crippen LogP contribution in [-0.4, -0.2) is 12.1 Å². The van der Waals surface area contributed by atoms with E-state index in [1.54, 1.807) is 0 Å². The van der Waals surface area contributed by atoms with Gasteiger partial charge < -0.3 is 10.2 Å². The first-order valence-corrected chi connectivity index (χ1v) is 7.63. The molecule has 0 aromatic heterocycles. The lowest BCUT2D eigenvalue weighted by atomic mass is 9.97. The Labute approximate surface area is 127 Å². The molecule has 0 spiro atoms. The van der Waals surface area contributed by atoms with Crippen LogP contribution in [0, 0.1) is 13.8 Å². The molecule has 1 N–H and O–H groups in total. The van der Waals surface area contributed by atoms with E-state index in [9.17, 15) is 0 Å². The second-order valence-electron chi connectivity index (χ2n) is 6.81. The van der Waals surface area contributed by atoms with Crippen molar-refractivity contribution in [2.45, 2.75) is 39.8 Å². The number of aryl methyl sites for hydroxylation is 2. The van der Waals surface area contributed by atoms with E-state index in [4.69, 9.17) is 0 Å². The molecule has 0 bridgehead atoms. The highest BCUT2D eigenvalue weighted by molar-refractivity contribution is 5.73.